The molecule has 0 spiro atoms. The summed E-state index contributed by atoms with van der Waals surface area (Å²) in [4.78, 5) is 8.22. The summed E-state index contributed by atoms with van der Waals surface area (Å²) in [5.41, 5.74) is 0.154. The highest BCUT2D eigenvalue weighted by Gasteiger charge is 2.32. The summed E-state index contributed by atoms with van der Waals surface area (Å²) in [6, 6.07) is 0.0818. The highest BCUT2D eigenvalue weighted by atomic mass is 16.5. The molecule has 1 aliphatic rings. The number of hydrogen-bond acceptors (Lipinski definition) is 5. The third-order valence-electron chi connectivity index (χ3n) is 2.85. The molecule has 1 aromatic rings. The summed E-state index contributed by atoms with van der Waals surface area (Å²) >= 11 is 0. The molecule has 88 valence electrons. The van der Waals surface area contributed by atoms with Gasteiger partial charge < -0.3 is 15.2 Å². The molecule has 2 unspecified atom stereocenters. The minimum Gasteiger partial charge on any atom is -0.386 e. The first-order valence-electron chi connectivity index (χ1n) is 5.49. The van der Waals surface area contributed by atoms with E-state index in [1.165, 1.54) is 0 Å². The highest BCUT2D eigenvalue weighted by Crippen LogP contribution is 2.18. The lowest BCUT2D eigenvalue weighted by molar-refractivity contribution is 0.0251. The molecule has 0 bridgehead atoms. The molecule has 1 saturated heterocycles. The maximum Gasteiger partial charge on any atom is 0.103 e. The Labute approximate surface area is 94.9 Å². The number of nitrogens with one attached hydrogen (secondary N) is 1. The van der Waals surface area contributed by atoms with Crippen molar-refractivity contribution in [2.24, 2.45) is 0 Å². The van der Waals surface area contributed by atoms with Gasteiger partial charge in [0, 0.05) is 44.2 Å². The van der Waals surface area contributed by atoms with Gasteiger partial charge in [0.25, 0.3) is 0 Å². The summed E-state index contributed by atoms with van der Waals surface area (Å²) in [6.45, 7) is 3.57. The van der Waals surface area contributed by atoms with Crippen molar-refractivity contribution in [1.29, 1.82) is 0 Å². The van der Waals surface area contributed by atoms with E-state index >= 15 is 0 Å². The Morgan fingerprint density at radius 1 is 1.62 bits per heavy atom. The summed E-state index contributed by atoms with van der Waals surface area (Å²) in [7, 11) is 0. The Bertz CT molecular complexity index is 325. The van der Waals surface area contributed by atoms with Crippen LogP contribution >= 0.6 is 0 Å². The molecular weight excluding hydrogens is 206 g/mol. The van der Waals surface area contributed by atoms with Crippen molar-refractivity contribution < 1.29 is 9.84 Å². The fraction of sp³-hybridized carbons (Fsp3) is 0.636. The summed E-state index contributed by atoms with van der Waals surface area (Å²) in [6.07, 6.45) is 5.73. The van der Waals surface area contributed by atoms with E-state index in [0.29, 0.717) is 26.2 Å². The van der Waals surface area contributed by atoms with Crippen LogP contribution in [0.1, 0.15) is 25.1 Å². The molecule has 0 saturated carbocycles. The second-order valence-corrected chi connectivity index (χ2v) is 4.26. The largest absolute Gasteiger partial charge is 0.386 e. The average molecular weight is 223 g/mol. The van der Waals surface area contributed by atoms with Gasteiger partial charge in [0.15, 0.2) is 0 Å². The van der Waals surface area contributed by atoms with Crippen molar-refractivity contribution in [3.63, 3.8) is 0 Å². The van der Waals surface area contributed by atoms with Crippen LogP contribution in [0.15, 0.2) is 18.6 Å². The van der Waals surface area contributed by atoms with Gasteiger partial charge in [-0.15, -0.1) is 0 Å². The van der Waals surface area contributed by atoms with E-state index in [9.17, 15) is 5.11 Å². The third-order valence-corrected chi connectivity index (χ3v) is 2.85. The molecule has 5 nitrogen and oxygen atoms in total. The second kappa shape index (κ2) is 4.86. The molecule has 2 N–H and O–H groups in total. The lowest BCUT2D eigenvalue weighted by Crippen LogP contribution is -2.42. The van der Waals surface area contributed by atoms with E-state index in [4.69, 9.17) is 4.74 Å². The van der Waals surface area contributed by atoms with E-state index in [2.05, 4.69) is 15.3 Å². The van der Waals surface area contributed by atoms with Gasteiger partial charge in [-0.3, -0.25) is 9.97 Å². The lowest BCUT2D eigenvalue weighted by atomic mass is 10.0. The molecule has 5 heteroatoms. The smallest absolute Gasteiger partial charge is 0.103 e. The summed E-state index contributed by atoms with van der Waals surface area (Å²) in [5, 5.41) is 13.3. The Morgan fingerprint density at radius 3 is 3.12 bits per heavy atom. The number of aromatic nitrogens is 2. The summed E-state index contributed by atoms with van der Waals surface area (Å²) in [5.74, 6) is 0. The normalized spacial score (nSPS) is 26.9. The third kappa shape index (κ3) is 2.75. The van der Waals surface area contributed by atoms with Crippen LogP contribution in [0, 0.1) is 0 Å². The monoisotopic (exact) mass is 223 g/mol. The van der Waals surface area contributed by atoms with Crippen LogP contribution in [-0.4, -0.2) is 40.4 Å². The molecule has 1 aromatic heterocycles. The van der Waals surface area contributed by atoms with Crippen LogP contribution in [0.5, 0.6) is 0 Å². The predicted octanol–water partition coefficient (Wildman–Crippen LogP) is 0.279. The first-order chi connectivity index (χ1) is 7.70. The summed E-state index contributed by atoms with van der Waals surface area (Å²) < 4.78 is 5.18. The van der Waals surface area contributed by atoms with E-state index < -0.39 is 5.60 Å². The van der Waals surface area contributed by atoms with Crippen LogP contribution in [-0.2, 0) is 4.74 Å². The van der Waals surface area contributed by atoms with Gasteiger partial charge in [0.1, 0.15) is 5.60 Å². The molecule has 16 heavy (non-hydrogen) atoms. The van der Waals surface area contributed by atoms with Crippen LogP contribution < -0.4 is 5.32 Å². The minimum absolute atomic E-state index is 0.0818. The zero-order chi connectivity index (χ0) is 11.4. The molecule has 1 fully saturated rings. The molecule has 0 amide bonds. The van der Waals surface area contributed by atoms with E-state index in [-0.39, 0.29) is 6.04 Å². The van der Waals surface area contributed by atoms with Gasteiger partial charge in [-0.2, -0.15) is 0 Å². The Balaban J connectivity index is 1.86. The van der Waals surface area contributed by atoms with Crippen LogP contribution in [0.4, 0.5) is 0 Å². The van der Waals surface area contributed by atoms with Gasteiger partial charge in [0.05, 0.1) is 12.3 Å². The number of ether oxygens (including phenoxy) is 1. The topological polar surface area (TPSA) is 67.3 Å². The van der Waals surface area contributed by atoms with Crippen molar-refractivity contribution in [2.75, 3.05) is 19.8 Å². The van der Waals surface area contributed by atoms with E-state index in [1.807, 2.05) is 6.92 Å². The van der Waals surface area contributed by atoms with Crippen molar-refractivity contribution in [1.82, 2.24) is 15.3 Å². The average Bonchev–Trinajstić information content (AvgIpc) is 2.75. The number of aliphatic hydroxyl groups is 1. The van der Waals surface area contributed by atoms with Gasteiger partial charge in [-0.25, -0.2) is 0 Å². The van der Waals surface area contributed by atoms with Crippen molar-refractivity contribution >= 4 is 0 Å². The second-order valence-electron chi connectivity index (χ2n) is 4.26. The Morgan fingerprint density at radius 2 is 2.50 bits per heavy atom. The molecule has 0 radical (unpaired) electrons. The zero-order valence-electron chi connectivity index (χ0n) is 9.39. The number of hydrogen-bond donors (Lipinski definition) is 2. The predicted molar refractivity (Wildman–Crippen MR) is 58.8 cm³/mol. The fourth-order valence-electron chi connectivity index (χ4n) is 1.72. The van der Waals surface area contributed by atoms with Crippen molar-refractivity contribution in [3.8, 4) is 0 Å². The van der Waals surface area contributed by atoms with Gasteiger partial charge in [0.2, 0.25) is 0 Å². The molecular formula is C11H17N3O2. The van der Waals surface area contributed by atoms with Gasteiger partial charge in [-0.1, -0.05) is 0 Å². The number of rotatable bonds is 4. The van der Waals surface area contributed by atoms with E-state index in [1.54, 1.807) is 18.6 Å². The van der Waals surface area contributed by atoms with Crippen LogP contribution in [0.25, 0.3) is 0 Å². The minimum atomic E-state index is -0.726. The molecule has 2 rings (SSSR count). The Kier molecular flexibility index (Phi) is 3.48. The van der Waals surface area contributed by atoms with Crippen LogP contribution in [0.3, 0.4) is 0 Å². The van der Waals surface area contributed by atoms with Gasteiger partial charge >= 0.3 is 0 Å². The van der Waals surface area contributed by atoms with Crippen molar-refractivity contribution in [3.05, 3.63) is 24.3 Å². The molecule has 1 aliphatic heterocycles. The first kappa shape index (κ1) is 11.4. The molecule has 0 aliphatic carbocycles. The quantitative estimate of drug-likeness (QED) is 0.767. The lowest BCUT2D eigenvalue weighted by Gasteiger charge is -2.23. The molecule has 0 aromatic carbocycles. The number of nitrogens with zero attached hydrogens (tertiary/aromatic N) is 2. The maximum absolute atomic E-state index is 10.1. The molecule has 2 heterocycles. The fourth-order valence-corrected chi connectivity index (χ4v) is 1.72. The Hall–Kier alpha value is -1.04. The zero-order valence-corrected chi connectivity index (χ0v) is 9.39. The van der Waals surface area contributed by atoms with Crippen LogP contribution in [0.2, 0.25) is 0 Å². The first-order valence-corrected chi connectivity index (χ1v) is 5.49. The van der Waals surface area contributed by atoms with E-state index in [0.717, 1.165) is 5.69 Å². The SMILES string of the molecule is CC(NCC1(O)CCOC1)c1cnccn1. The standard InChI is InChI=1S/C11H17N3O2/c1-9(10-6-12-3-4-13-10)14-7-11(15)2-5-16-8-11/h3-4,6,9,14-15H,2,5,7-8H2,1H3. The molecule has 2 atom stereocenters. The van der Waals surface area contributed by atoms with Crippen molar-refractivity contribution in [2.45, 2.75) is 25.0 Å². The highest BCUT2D eigenvalue weighted by molar-refractivity contribution is 5.01. The van der Waals surface area contributed by atoms with Gasteiger partial charge in [-0.05, 0) is 6.92 Å². The maximum atomic E-state index is 10.1.